The zero-order chi connectivity index (χ0) is 16.8. The molecule has 0 aromatic carbocycles. The highest BCUT2D eigenvalue weighted by molar-refractivity contribution is 5.97. The predicted octanol–water partition coefficient (Wildman–Crippen LogP) is 2.28. The minimum atomic E-state index is -0.185. The minimum absolute atomic E-state index is 0.0507. The van der Waals surface area contributed by atoms with E-state index in [1.54, 1.807) is 0 Å². The Bertz CT molecular complexity index is 563. The second-order valence-corrected chi connectivity index (χ2v) is 6.43. The Labute approximate surface area is 138 Å². The first-order valence-electron chi connectivity index (χ1n) is 8.73. The van der Waals surface area contributed by atoms with Crippen LogP contribution in [0.2, 0.25) is 0 Å². The lowest BCUT2D eigenvalue weighted by molar-refractivity contribution is 0.0935. The largest absolute Gasteiger partial charge is 0.349 e. The van der Waals surface area contributed by atoms with E-state index in [0.29, 0.717) is 18.1 Å². The first-order chi connectivity index (χ1) is 11.0. The van der Waals surface area contributed by atoms with Gasteiger partial charge >= 0.3 is 0 Å². The molecule has 2 rings (SSSR count). The molecule has 1 aromatic rings. The van der Waals surface area contributed by atoms with E-state index in [2.05, 4.69) is 22.5 Å². The SMILES string of the molecule is CCCCCNC(=O)c1nc(C(=O)NC(C)C)c2n1CCCC2. The lowest BCUT2D eigenvalue weighted by Gasteiger charge is -2.17. The topological polar surface area (TPSA) is 76.0 Å². The molecule has 1 aliphatic heterocycles. The molecule has 23 heavy (non-hydrogen) atoms. The molecular formula is C17H28N4O2. The molecule has 0 unspecified atom stereocenters. The standard InChI is InChI=1S/C17H28N4O2/c1-4-5-7-10-18-17(23)15-20-14(16(22)19-12(2)3)13-9-6-8-11-21(13)15/h12H,4-11H2,1-3H3,(H,18,23)(H,19,22). The summed E-state index contributed by atoms with van der Waals surface area (Å²) in [5.74, 6) is 0.0219. The van der Waals surface area contributed by atoms with E-state index in [-0.39, 0.29) is 17.9 Å². The molecule has 0 saturated carbocycles. The Morgan fingerprint density at radius 3 is 2.70 bits per heavy atom. The number of carbonyl (C=O) groups excluding carboxylic acids is 2. The second kappa shape index (κ2) is 8.13. The highest BCUT2D eigenvalue weighted by Crippen LogP contribution is 2.21. The van der Waals surface area contributed by atoms with Gasteiger partial charge < -0.3 is 15.2 Å². The monoisotopic (exact) mass is 320 g/mol. The predicted molar refractivity (Wildman–Crippen MR) is 89.6 cm³/mol. The van der Waals surface area contributed by atoms with Gasteiger partial charge in [0.1, 0.15) is 5.69 Å². The molecule has 1 aromatic heterocycles. The van der Waals surface area contributed by atoms with Crippen molar-refractivity contribution in [3.63, 3.8) is 0 Å². The zero-order valence-electron chi connectivity index (χ0n) is 14.4. The van der Waals surface area contributed by atoms with Gasteiger partial charge in [-0.25, -0.2) is 4.98 Å². The molecule has 6 heteroatoms. The average Bonchev–Trinajstić information content (AvgIpc) is 2.90. The molecule has 0 atom stereocenters. The van der Waals surface area contributed by atoms with Gasteiger partial charge in [0.25, 0.3) is 11.8 Å². The summed E-state index contributed by atoms with van der Waals surface area (Å²) in [6.45, 7) is 7.38. The van der Waals surface area contributed by atoms with E-state index < -0.39 is 0 Å². The van der Waals surface area contributed by atoms with Crippen LogP contribution in [0, 0.1) is 0 Å². The molecule has 128 valence electrons. The fraction of sp³-hybridized carbons (Fsp3) is 0.706. The Morgan fingerprint density at radius 2 is 2.00 bits per heavy atom. The number of hydrogen-bond donors (Lipinski definition) is 2. The number of fused-ring (bicyclic) bond motifs is 1. The highest BCUT2D eigenvalue weighted by atomic mass is 16.2. The van der Waals surface area contributed by atoms with Gasteiger partial charge in [0, 0.05) is 19.1 Å². The van der Waals surface area contributed by atoms with Gasteiger partial charge in [-0.2, -0.15) is 0 Å². The van der Waals surface area contributed by atoms with E-state index in [9.17, 15) is 9.59 Å². The van der Waals surface area contributed by atoms with E-state index in [4.69, 9.17) is 0 Å². The van der Waals surface area contributed by atoms with Crippen molar-refractivity contribution in [2.24, 2.45) is 0 Å². The average molecular weight is 320 g/mol. The maximum atomic E-state index is 12.4. The Balaban J connectivity index is 2.17. The van der Waals surface area contributed by atoms with Crippen molar-refractivity contribution in [2.45, 2.75) is 71.9 Å². The summed E-state index contributed by atoms with van der Waals surface area (Å²) in [4.78, 5) is 29.1. The van der Waals surface area contributed by atoms with Crippen LogP contribution in [-0.2, 0) is 13.0 Å². The van der Waals surface area contributed by atoms with Crippen molar-refractivity contribution in [2.75, 3.05) is 6.54 Å². The Kier molecular flexibility index (Phi) is 6.19. The fourth-order valence-corrected chi connectivity index (χ4v) is 2.88. The number of imidazole rings is 1. The first kappa shape index (κ1) is 17.5. The number of rotatable bonds is 7. The maximum Gasteiger partial charge on any atom is 0.287 e. The van der Waals surface area contributed by atoms with Crippen LogP contribution in [0.25, 0.3) is 0 Å². The molecule has 2 amide bonds. The van der Waals surface area contributed by atoms with Gasteiger partial charge in [-0.15, -0.1) is 0 Å². The van der Waals surface area contributed by atoms with Crippen LogP contribution >= 0.6 is 0 Å². The van der Waals surface area contributed by atoms with E-state index >= 15 is 0 Å². The minimum Gasteiger partial charge on any atom is -0.349 e. The molecule has 0 bridgehead atoms. The normalized spacial score (nSPS) is 13.7. The summed E-state index contributed by atoms with van der Waals surface area (Å²) in [5.41, 5.74) is 1.31. The van der Waals surface area contributed by atoms with E-state index in [0.717, 1.165) is 50.8 Å². The number of hydrogen-bond acceptors (Lipinski definition) is 3. The van der Waals surface area contributed by atoms with E-state index in [1.165, 1.54) is 0 Å². The molecule has 0 fully saturated rings. The van der Waals surface area contributed by atoms with Gasteiger partial charge in [-0.1, -0.05) is 19.8 Å². The summed E-state index contributed by atoms with van der Waals surface area (Å²) in [6, 6.07) is 0.0507. The van der Waals surface area contributed by atoms with Gasteiger partial charge in [0.2, 0.25) is 0 Å². The quantitative estimate of drug-likeness (QED) is 0.757. The van der Waals surface area contributed by atoms with Crippen LogP contribution in [-0.4, -0.2) is 34.0 Å². The molecule has 6 nitrogen and oxygen atoms in total. The smallest absolute Gasteiger partial charge is 0.287 e. The summed E-state index contributed by atoms with van der Waals surface area (Å²) >= 11 is 0. The molecular weight excluding hydrogens is 292 g/mol. The Morgan fingerprint density at radius 1 is 1.22 bits per heavy atom. The van der Waals surface area contributed by atoms with Gasteiger partial charge in [0.05, 0.1) is 5.69 Å². The van der Waals surface area contributed by atoms with Crippen molar-refractivity contribution in [3.05, 3.63) is 17.2 Å². The van der Waals surface area contributed by atoms with Crippen LogP contribution in [0.3, 0.4) is 0 Å². The third-order valence-electron chi connectivity index (χ3n) is 4.02. The van der Waals surface area contributed by atoms with Crippen LogP contribution in [0.4, 0.5) is 0 Å². The molecule has 0 radical (unpaired) electrons. The third-order valence-corrected chi connectivity index (χ3v) is 4.02. The summed E-state index contributed by atoms with van der Waals surface area (Å²) in [6.07, 6.45) is 6.04. The summed E-state index contributed by atoms with van der Waals surface area (Å²) in [7, 11) is 0. The Hall–Kier alpha value is -1.85. The molecule has 0 saturated heterocycles. The van der Waals surface area contributed by atoms with Crippen molar-refractivity contribution in [1.82, 2.24) is 20.2 Å². The lowest BCUT2D eigenvalue weighted by atomic mass is 10.1. The van der Waals surface area contributed by atoms with Crippen LogP contribution in [0.1, 0.15) is 79.7 Å². The number of aromatic nitrogens is 2. The molecule has 2 heterocycles. The number of amides is 2. The van der Waals surface area contributed by atoms with Crippen molar-refractivity contribution in [3.8, 4) is 0 Å². The highest BCUT2D eigenvalue weighted by Gasteiger charge is 2.27. The second-order valence-electron chi connectivity index (χ2n) is 6.43. The molecule has 0 spiro atoms. The lowest BCUT2D eigenvalue weighted by Crippen LogP contribution is -2.31. The van der Waals surface area contributed by atoms with Gasteiger partial charge in [0.15, 0.2) is 5.82 Å². The molecule has 2 N–H and O–H groups in total. The van der Waals surface area contributed by atoms with Crippen LogP contribution in [0.15, 0.2) is 0 Å². The van der Waals surface area contributed by atoms with Crippen LogP contribution in [0.5, 0.6) is 0 Å². The summed E-state index contributed by atoms with van der Waals surface area (Å²) in [5, 5.41) is 5.80. The van der Waals surface area contributed by atoms with Gasteiger partial charge in [-0.05, 0) is 39.5 Å². The fourth-order valence-electron chi connectivity index (χ4n) is 2.88. The number of unbranched alkanes of at least 4 members (excludes halogenated alkanes) is 2. The van der Waals surface area contributed by atoms with Crippen molar-refractivity contribution in [1.29, 1.82) is 0 Å². The van der Waals surface area contributed by atoms with Crippen LogP contribution < -0.4 is 10.6 Å². The number of nitrogens with one attached hydrogen (secondary N) is 2. The number of carbonyl (C=O) groups is 2. The van der Waals surface area contributed by atoms with E-state index in [1.807, 2.05) is 18.4 Å². The maximum absolute atomic E-state index is 12.4. The van der Waals surface area contributed by atoms with Crippen molar-refractivity contribution < 1.29 is 9.59 Å². The molecule has 0 aliphatic carbocycles. The number of nitrogens with zero attached hydrogens (tertiary/aromatic N) is 2. The van der Waals surface area contributed by atoms with Gasteiger partial charge in [-0.3, -0.25) is 9.59 Å². The molecule has 1 aliphatic rings. The first-order valence-corrected chi connectivity index (χ1v) is 8.73. The zero-order valence-corrected chi connectivity index (χ0v) is 14.4. The summed E-state index contributed by atoms with van der Waals surface area (Å²) < 4.78 is 1.92. The van der Waals surface area contributed by atoms with Crippen molar-refractivity contribution >= 4 is 11.8 Å². The third kappa shape index (κ3) is 4.33.